The standard InChI is InChI=1S/C15H20N2O3S/c1-4-17-14-8-6-5-7-12(14)13(16-17)10-21(19)11(2)9-15(18)20-3/h5-8,11H,4,9-10H2,1-3H3. The number of ether oxygens (including phenoxy) is 1. The second-order valence-corrected chi connectivity index (χ2v) is 6.75. The van der Waals surface area contributed by atoms with E-state index in [4.69, 9.17) is 0 Å². The summed E-state index contributed by atoms with van der Waals surface area (Å²) in [7, 11) is 0.182. The summed E-state index contributed by atoms with van der Waals surface area (Å²) in [6, 6.07) is 7.92. The quantitative estimate of drug-likeness (QED) is 0.768. The smallest absolute Gasteiger partial charge is 0.306 e. The number of aromatic nitrogens is 2. The van der Waals surface area contributed by atoms with Crippen molar-refractivity contribution in [2.45, 2.75) is 37.8 Å². The second-order valence-electron chi connectivity index (χ2n) is 4.90. The molecule has 0 amide bonds. The van der Waals surface area contributed by atoms with Crippen molar-refractivity contribution in [3.63, 3.8) is 0 Å². The first kappa shape index (κ1) is 15.7. The molecular weight excluding hydrogens is 288 g/mol. The van der Waals surface area contributed by atoms with E-state index in [1.807, 2.05) is 35.9 Å². The largest absolute Gasteiger partial charge is 0.469 e. The molecule has 0 bridgehead atoms. The van der Waals surface area contributed by atoms with Crippen LogP contribution in [-0.4, -0.2) is 32.3 Å². The molecule has 0 saturated heterocycles. The van der Waals surface area contributed by atoms with Crippen LogP contribution in [0.3, 0.4) is 0 Å². The van der Waals surface area contributed by atoms with E-state index >= 15 is 0 Å². The predicted octanol–water partition coefficient (Wildman–Crippen LogP) is 2.26. The molecule has 0 aliphatic carbocycles. The summed E-state index contributed by atoms with van der Waals surface area (Å²) in [4.78, 5) is 11.3. The summed E-state index contributed by atoms with van der Waals surface area (Å²) < 4.78 is 18.9. The Hall–Kier alpha value is -1.69. The molecule has 0 N–H and O–H groups in total. The van der Waals surface area contributed by atoms with Crippen molar-refractivity contribution in [3.8, 4) is 0 Å². The highest BCUT2D eigenvalue weighted by Gasteiger charge is 2.19. The molecule has 0 aliphatic rings. The Morgan fingerprint density at radius 3 is 2.81 bits per heavy atom. The van der Waals surface area contributed by atoms with E-state index in [-0.39, 0.29) is 17.6 Å². The fourth-order valence-electron chi connectivity index (χ4n) is 2.23. The number of hydrogen-bond donors (Lipinski definition) is 0. The third-order valence-electron chi connectivity index (χ3n) is 3.44. The van der Waals surface area contributed by atoms with Crippen LogP contribution in [0.4, 0.5) is 0 Å². The van der Waals surface area contributed by atoms with Crippen LogP contribution in [0.1, 0.15) is 26.0 Å². The number of rotatable bonds is 6. The van der Waals surface area contributed by atoms with E-state index in [2.05, 4.69) is 9.84 Å². The first-order chi connectivity index (χ1) is 10.1. The van der Waals surface area contributed by atoms with E-state index in [0.717, 1.165) is 23.1 Å². The average Bonchev–Trinajstić information content (AvgIpc) is 2.85. The summed E-state index contributed by atoms with van der Waals surface area (Å²) in [5, 5.41) is 5.32. The molecule has 0 fully saturated rings. The molecule has 5 nitrogen and oxygen atoms in total. The number of aryl methyl sites for hydroxylation is 1. The lowest BCUT2D eigenvalue weighted by atomic mass is 10.2. The molecular formula is C15H20N2O3S. The van der Waals surface area contributed by atoms with Gasteiger partial charge in [-0.1, -0.05) is 25.1 Å². The maximum atomic E-state index is 12.4. The van der Waals surface area contributed by atoms with Crippen LogP contribution < -0.4 is 0 Å². The third-order valence-corrected chi connectivity index (χ3v) is 5.07. The number of nitrogens with zero attached hydrogens (tertiary/aromatic N) is 2. The van der Waals surface area contributed by atoms with Crippen LogP contribution in [-0.2, 0) is 32.6 Å². The van der Waals surface area contributed by atoms with Crippen molar-refractivity contribution < 1.29 is 13.7 Å². The zero-order valence-electron chi connectivity index (χ0n) is 12.5. The molecule has 1 aromatic heterocycles. The Kier molecular flexibility index (Phi) is 5.12. The number of benzene rings is 1. The maximum absolute atomic E-state index is 12.4. The van der Waals surface area contributed by atoms with Gasteiger partial charge in [0.25, 0.3) is 0 Å². The van der Waals surface area contributed by atoms with Gasteiger partial charge in [0, 0.05) is 28.0 Å². The van der Waals surface area contributed by atoms with Crippen molar-refractivity contribution in [3.05, 3.63) is 30.0 Å². The number of esters is 1. The van der Waals surface area contributed by atoms with Gasteiger partial charge in [-0.05, 0) is 13.0 Å². The van der Waals surface area contributed by atoms with Crippen LogP contribution in [0, 0.1) is 0 Å². The molecule has 0 aliphatic heterocycles. The van der Waals surface area contributed by atoms with Crippen LogP contribution in [0.5, 0.6) is 0 Å². The summed E-state index contributed by atoms with van der Waals surface area (Å²) in [5.41, 5.74) is 1.87. The number of hydrogen-bond acceptors (Lipinski definition) is 4. The first-order valence-corrected chi connectivity index (χ1v) is 8.33. The normalized spacial score (nSPS) is 14.0. The highest BCUT2D eigenvalue weighted by atomic mass is 32.2. The van der Waals surface area contributed by atoms with Crippen molar-refractivity contribution >= 4 is 27.7 Å². The number of fused-ring (bicyclic) bond motifs is 1. The maximum Gasteiger partial charge on any atom is 0.306 e. The van der Waals surface area contributed by atoms with Crippen molar-refractivity contribution in [1.82, 2.24) is 9.78 Å². The molecule has 0 spiro atoms. The van der Waals surface area contributed by atoms with E-state index in [1.54, 1.807) is 6.92 Å². The number of carbonyl (C=O) groups is 1. The molecule has 0 saturated carbocycles. The third kappa shape index (κ3) is 3.50. The van der Waals surface area contributed by atoms with Crippen LogP contribution in [0.15, 0.2) is 24.3 Å². The van der Waals surface area contributed by atoms with Crippen molar-refractivity contribution in [2.75, 3.05) is 7.11 Å². The second kappa shape index (κ2) is 6.85. The molecule has 2 atom stereocenters. The van der Waals surface area contributed by atoms with Gasteiger partial charge < -0.3 is 4.74 Å². The minimum atomic E-state index is -1.16. The summed E-state index contributed by atoms with van der Waals surface area (Å²) in [6.07, 6.45) is 0.162. The molecule has 1 aromatic carbocycles. The minimum Gasteiger partial charge on any atom is -0.469 e. The first-order valence-electron chi connectivity index (χ1n) is 6.95. The Morgan fingerprint density at radius 2 is 2.14 bits per heavy atom. The lowest BCUT2D eigenvalue weighted by Crippen LogP contribution is -2.18. The van der Waals surface area contributed by atoms with Crippen molar-refractivity contribution in [2.24, 2.45) is 0 Å². The van der Waals surface area contributed by atoms with Crippen LogP contribution in [0.2, 0.25) is 0 Å². The minimum absolute atomic E-state index is 0.162. The highest BCUT2D eigenvalue weighted by Crippen LogP contribution is 2.21. The van der Waals surface area contributed by atoms with Gasteiger partial charge in [0.1, 0.15) is 0 Å². The SMILES string of the molecule is CCn1nc(CS(=O)C(C)CC(=O)OC)c2ccccc21. The fourth-order valence-corrected chi connectivity index (χ4v) is 3.32. The van der Waals surface area contributed by atoms with Crippen LogP contribution in [0.25, 0.3) is 10.9 Å². The van der Waals surface area contributed by atoms with E-state index in [9.17, 15) is 9.00 Å². The molecule has 1 heterocycles. The Labute approximate surface area is 126 Å². The summed E-state index contributed by atoms with van der Waals surface area (Å²) in [5.74, 6) is 0.0193. The molecule has 2 aromatic rings. The van der Waals surface area contributed by atoms with Crippen LogP contribution >= 0.6 is 0 Å². The fraction of sp³-hybridized carbons (Fsp3) is 0.467. The topological polar surface area (TPSA) is 61.2 Å². The molecule has 114 valence electrons. The number of carbonyl (C=O) groups excluding carboxylic acids is 1. The van der Waals surface area contributed by atoms with Gasteiger partial charge in [0.2, 0.25) is 0 Å². The van der Waals surface area contributed by atoms with Gasteiger partial charge in [0.15, 0.2) is 0 Å². The lowest BCUT2D eigenvalue weighted by molar-refractivity contribution is -0.140. The number of methoxy groups -OCH3 is 1. The van der Waals surface area contributed by atoms with Gasteiger partial charge in [0.05, 0.1) is 30.5 Å². The summed E-state index contributed by atoms with van der Waals surface area (Å²) >= 11 is 0. The molecule has 21 heavy (non-hydrogen) atoms. The Bertz CT molecular complexity index is 666. The zero-order chi connectivity index (χ0) is 15.4. The molecule has 2 unspecified atom stereocenters. The van der Waals surface area contributed by atoms with E-state index in [0.29, 0.717) is 5.75 Å². The average molecular weight is 308 g/mol. The van der Waals surface area contributed by atoms with Gasteiger partial charge in [-0.3, -0.25) is 13.7 Å². The lowest BCUT2D eigenvalue weighted by Gasteiger charge is -2.09. The number of para-hydroxylation sites is 1. The highest BCUT2D eigenvalue weighted by molar-refractivity contribution is 7.84. The predicted molar refractivity (Wildman–Crippen MR) is 83.3 cm³/mol. The van der Waals surface area contributed by atoms with Gasteiger partial charge in [-0.2, -0.15) is 5.10 Å². The Morgan fingerprint density at radius 1 is 1.43 bits per heavy atom. The van der Waals surface area contributed by atoms with E-state index < -0.39 is 10.8 Å². The molecule has 2 rings (SSSR count). The molecule has 0 radical (unpaired) electrons. The van der Waals surface area contributed by atoms with Gasteiger partial charge >= 0.3 is 5.97 Å². The van der Waals surface area contributed by atoms with Gasteiger partial charge in [-0.15, -0.1) is 0 Å². The zero-order valence-corrected chi connectivity index (χ0v) is 13.4. The van der Waals surface area contributed by atoms with Crippen molar-refractivity contribution in [1.29, 1.82) is 0 Å². The monoisotopic (exact) mass is 308 g/mol. The van der Waals surface area contributed by atoms with E-state index in [1.165, 1.54) is 7.11 Å². The summed E-state index contributed by atoms with van der Waals surface area (Å²) in [6.45, 7) is 4.59. The van der Waals surface area contributed by atoms with Gasteiger partial charge in [-0.25, -0.2) is 0 Å². The molecule has 6 heteroatoms. The Balaban J connectivity index is 2.20.